The third-order valence-corrected chi connectivity index (χ3v) is 7.17. The predicted octanol–water partition coefficient (Wildman–Crippen LogP) is 4.02. The van der Waals surface area contributed by atoms with Crippen LogP contribution < -0.4 is 0 Å². The fourth-order valence-corrected chi connectivity index (χ4v) is 5.86. The van der Waals surface area contributed by atoms with Gasteiger partial charge in [0.05, 0.1) is 12.7 Å². The van der Waals surface area contributed by atoms with E-state index >= 15 is 0 Å². The molecule has 7 nitrogen and oxygen atoms in total. The van der Waals surface area contributed by atoms with E-state index in [0.29, 0.717) is 6.61 Å². The Morgan fingerprint density at radius 3 is 2.03 bits per heavy atom. The molecule has 5 fully saturated rings. The van der Waals surface area contributed by atoms with Gasteiger partial charge in [0.15, 0.2) is 24.2 Å². The van der Waals surface area contributed by atoms with Gasteiger partial charge in [-0.3, -0.25) is 0 Å². The lowest BCUT2D eigenvalue weighted by atomic mass is 9.94. The van der Waals surface area contributed by atoms with E-state index in [0.717, 1.165) is 51.4 Å². The number of ether oxygens (including phenoxy) is 7. The number of rotatable bonds is 5. The van der Waals surface area contributed by atoms with Gasteiger partial charge in [-0.05, 0) is 46.5 Å². The first-order valence-electron chi connectivity index (χ1n) is 12.1. The lowest BCUT2D eigenvalue weighted by molar-refractivity contribution is -0.299. The Morgan fingerprint density at radius 1 is 0.733 bits per heavy atom. The summed E-state index contributed by atoms with van der Waals surface area (Å²) in [6.07, 6.45) is 9.16. The SMILES string of the molecule is CC(C)OC(C)OC1O[C@H](C2COC3(CCCCC3)O2)[C@@H]2OC3(CCCCC3)O[C@H]12. The molecule has 6 atom stereocenters. The highest BCUT2D eigenvalue weighted by Gasteiger charge is 2.62. The Morgan fingerprint density at radius 2 is 1.37 bits per heavy atom. The topological polar surface area (TPSA) is 64.6 Å². The summed E-state index contributed by atoms with van der Waals surface area (Å²) >= 11 is 0. The summed E-state index contributed by atoms with van der Waals surface area (Å²) in [5.74, 6) is -0.932. The normalized spacial score (nSPS) is 41.0. The molecule has 5 rings (SSSR count). The van der Waals surface area contributed by atoms with E-state index in [1.807, 2.05) is 20.8 Å². The minimum absolute atomic E-state index is 0.0798. The monoisotopic (exact) mass is 426 g/mol. The van der Waals surface area contributed by atoms with Gasteiger partial charge in [-0.2, -0.15) is 0 Å². The van der Waals surface area contributed by atoms with Crippen molar-refractivity contribution in [2.24, 2.45) is 0 Å². The molecule has 0 aromatic carbocycles. The van der Waals surface area contributed by atoms with Gasteiger partial charge in [-0.15, -0.1) is 0 Å². The second-order valence-electron chi connectivity index (χ2n) is 9.93. The smallest absolute Gasteiger partial charge is 0.190 e. The van der Waals surface area contributed by atoms with Crippen LogP contribution in [0.3, 0.4) is 0 Å². The van der Waals surface area contributed by atoms with Crippen molar-refractivity contribution in [2.75, 3.05) is 6.61 Å². The molecule has 3 unspecified atom stereocenters. The molecule has 7 heteroatoms. The molecule has 172 valence electrons. The van der Waals surface area contributed by atoms with Crippen LogP contribution >= 0.6 is 0 Å². The zero-order valence-corrected chi connectivity index (χ0v) is 18.7. The van der Waals surface area contributed by atoms with E-state index in [4.69, 9.17) is 33.2 Å². The Kier molecular flexibility index (Phi) is 6.17. The van der Waals surface area contributed by atoms with Gasteiger partial charge < -0.3 is 33.2 Å². The summed E-state index contributed by atoms with van der Waals surface area (Å²) in [5.41, 5.74) is 0. The summed E-state index contributed by atoms with van der Waals surface area (Å²) in [7, 11) is 0. The standard InChI is InChI=1S/C23H38O7/c1-15(2)25-16(3)26-21-20-19(29-23(30-20)12-8-5-9-13-23)18(27-21)17-14-24-22(28-17)10-6-4-7-11-22/h15-21H,4-14H2,1-3H3/t16?,17?,18-,19+,20+,21?/m1/s1. The molecule has 2 spiro atoms. The van der Waals surface area contributed by atoms with Crippen LogP contribution in [0.15, 0.2) is 0 Å². The second-order valence-corrected chi connectivity index (χ2v) is 9.93. The molecule has 5 aliphatic rings. The maximum atomic E-state index is 6.60. The summed E-state index contributed by atoms with van der Waals surface area (Å²) < 4.78 is 44.2. The molecule has 0 N–H and O–H groups in total. The van der Waals surface area contributed by atoms with E-state index < -0.39 is 17.9 Å². The van der Waals surface area contributed by atoms with Crippen molar-refractivity contribution in [1.82, 2.24) is 0 Å². The molecule has 0 aromatic heterocycles. The maximum Gasteiger partial charge on any atom is 0.190 e. The van der Waals surface area contributed by atoms with Crippen molar-refractivity contribution in [1.29, 1.82) is 0 Å². The van der Waals surface area contributed by atoms with E-state index in [1.165, 1.54) is 12.8 Å². The molecule has 3 saturated heterocycles. The Hall–Kier alpha value is -0.280. The first-order chi connectivity index (χ1) is 14.5. The molecule has 0 radical (unpaired) electrons. The summed E-state index contributed by atoms with van der Waals surface area (Å²) in [4.78, 5) is 0. The maximum absolute atomic E-state index is 6.60. The minimum Gasteiger partial charge on any atom is -0.350 e. The van der Waals surface area contributed by atoms with Crippen LogP contribution in [0.25, 0.3) is 0 Å². The third kappa shape index (κ3) is 4.19. The van der Waals surface area contributed by atoms with Crippen molar-refractivity contribution >= 4 is 0 Å². The van der Waals surface area contributed by atoms with Gasteiger partial charge in [0.25, 0.3) is 0 Å². The molecule has 3 heterocycles. The van der Waals surface area contributed by atoms with Gasteiger partial charge in [-0.1, -0.05) is 12.8 Å². The fraction of sp³-hybridized carbons (Fsp3) is 1.00. The van der Waals surface area contributed by atoms with Gasteiger partial charge in [0.2, 0.25) is 0 Å². The first kappa shape index (κ1) is 21.6. The molecule has 0 aromatic rings. The number of hydrogen-bond donors (Lipinski definition) is 0. The largest absolute Gasteiger partial charge is 0.350 e. The Balaban J connectivity index is 1.31. The van der Waals surface area contributed by atoms with Crippen LogP contribution in [-0.2, 0) is 33.2 Å². The number of fused-ring (bicyclic) bond motifs is 1. The van der Waals surface area contributed by atoms with Crippen LogP contribution in [0.2, 0.25) is 0 Å². The van der Waals surface area contributed by atoms with E-state index in [1.54, 1.807) is 0 Å². The average molecular weight is 427 g/mol. The molecular weight excluding hydrogens is 388 g/mol. The Labute approximate surface area is 180 Å². The van der Waals surface area contributed by atoms with Crippen LogP contribution in [-0.4, -0.2) is 61.3 Å². The zero-order chi connectivity index (χ0) is 20.8. The molecule has 30 heavy (non-hydrogen) atoms. The highest BCUT2D eigenvalue weighted by Crippen LogP contribution is 2.49. The third-order valence-electron chi connectivity index (χ3n) is 7.17. The van der Waals surface area contributed by atoms with Crippen LogP contribution in [0.1, 0.15) is 85.0 Å². The van der Waals surface area contributed by atoms with Crippen LogP contribution in [0.4, 0.5) is 0 Å². The van der Waals surface area contributed by atoms with Gasteiger partial charge >= 0.3 is 0 Å². The van der Waals surface area contributed by atoms with Crippen LogP contribution in [0.5, 0.6) is 0 Å². The molecule has 2 aliphatic carbocycles. The summed E-state index contributed by atoms with van der Waals surface area (Å²) in [5, 5.41) is 0. The quantitative estimate of drug-likeness (QED) is 0.615. The van der Waals surface area contributed by atoms with Crippen molar-refractivity contribution in [3.8, 4) is 0 Å². The van der Waals surface area contributed by atoms with E-state index in [9.17, 15) is 0 Å². The molecule has 3 aliphatic heterocycles. The van der Waals surface area contributed by atoms with Crippen molar-refractivity contribution < 1.29 is 33.2 Å². The van der Waals surface area contributed by atoms with Gasteiger partial charge in [-0.25, -0.2) is 0 Å². The van der Waals surface area contributed by atoms with Gasteiger partial charge in [0, 0.05) is 25.7 Å². The lowest BCUT2D eigenvalue weighted by Crippen LogP contribution is -2.43. The molecule has 2 saturated carbocycles. The molecule has 0 bridgehead atoms. The minimum atomic E-state index is -0.526. The van der Waals surface area contributed by atoms with Crippen molar-refractivity contribution in [3.63, 3.8) is 0 Å². The van der Waals surface area contributed by atoms with Crippen molar-refractivity contribution in [2.45, 2.75) is 140 Å². The summed E-state index contributed by atoms with van der Waals surface area (Å²) in [6.45, 7) is 6.44. The zero-order valence-electron chi connectivity index (χ0n) is 18.7. The molecule has 0 amide bonds. The Bertz CT molecular complexity index is 584. The van der Waals surface area contributed by atoms with Crippen LogP contribution in [0, 0.1) is 0 Å². The predicted molar refractivity (Wildman–Crippen MR) is 108 cm³/mol. The lowest BCUT2D eigenvalue weighted by Gasteiger charge is -2.35. The highest BCUT2D eigenvalue weighted by atomic mass is 16.8. The molecular formula is C23H38O7. The van der Waals surface area contributed by atoms with Gasteiger partial charge in [0.1, 0.15) is 24.4 Å². The highest BCUT2D eigenvalue weighted by molar-refractivity contribution is 5.02. The average Bonchev–Trinajstić information content (AvgIpc) is 3.36. The van der Waals surface area contributed by atoms with E-state index in [2.05, 4.69) is 0 Å². The van der Waals surface area contributed by atoms with E-state index in [-0.39, 0.29) is 36.8 Å². The second kappa shape index (κ2) is 8.58. The van der Waals surface area contributed by atoms with Crippen molar-refractivity contribution in [3.05, 3.63) is 0 Å². The number of hydrogen-bond acceptors (Lipinski definition) is 7. The summed E-state index contributed by atoms with van der Waals surface area (Å²) in [6, 6.07) is 0. The first-order valence-corrected chi connectivity index (χ1v) is 12.1. The fourth-order valence-electron chi connectivity index (χ4n) is 5.86.